The summed E-state index contributed by atoms with van der Waals surface area (Å²) in [5.74, 6) is 1.07. The molecule has 0 saturated carbocycles. The molecule has 4 heteroatoms. The Morgan fingerprint density at radius 3 is 2.17 bits per heavy atom. The number of benzene rings is 2. The number of hydrogen-bond donors (Lipinski definition) is 1. The highest BCUT2D eigenvalue weighted by Crippen LogP contribution is 2.34. The maximum atomic E-state index is 6.24. The Kier molecular flexibility index (Phi) is 6.44. The minimum Gasteiger partial charge on any atom is -1.00 e. The van der Waals surface area contributed by atoms with E-state index >= 15 is 0 Å². The first-order valence-corrected chi connectivity index (χ1v) is 8.28. The van der Waals surface area contributed by atoms with E-state index in [9.17, 15) is 0 Å². The van der Waals surface area contributed by atoms with Crippen molar-refractivity contribution in [3.63, 3.8) is 0 Å². The maximum Gasteiger partial charge on any atom is 0.198 e. The van der Waals surface area contributed by atoms with E-state index in [4.69, 9.17) is 4.74 Å². The topological polar surface area (TPSA) is 16.9 Å². The molecule has 0 saturated heterocycles. The lowest BCUT2D eigenvalue weighted by atomic mass is 10.0. The fourth-order valence-corrected chi connectivity index (χ4v) is 3.19. The van der Waals surface area contributed by atoms with Crippen LogP contribution in [0.3, 0.4) is 0 Å². The predicted molar refractivity (Wildman–Crippen MR) is 93.4 cm³/mol. The van der Waals surface area contributed by atoms with Crippen LogP contribution in [0.1, 0.15) is 30.5 Å². The van der Waals surface area contributed by atoms with Gasteiger partial charge in [0.25, 0.3) is 0 Å². The average molecular weight is 345 g/mol. The van der Waals surface area contributed by atoms with Gasteiger partial charge in [0.1, 0.15) is 6.04 Å². The smallest absolute Gasteiger partial charge is 0.198 e. The zero-order valence-corrected chi connectivity index (χ0v) is 15.3. The molecule has 0 aliphatic carbocycles. The fraction of sp³-hybridized carbons (Fsp3) is 0.300. The summed E-state index contributed by atoms with van der Waals surface area (Å²) in [4.78, 5) is 0. The van der Waals surface area contributed by atoms with Crippen molar-refractivity contribution in [1.82, 2.24) is 5.01 Å². The summed E-state index contributed by atoms with van der Waals surface area (Å²) in [6, 6.07) is 21.3. The van der Waals surface area contributed by atoms with Crippen LogP contribution in [0.4, 0.5) is 0 Å². The van der Waals surface area contributed by atoms with E-state index in [-0.39, 0.29) is 18.4 Å². The number of quaternary nitrogens is 1. The molecular formula is C20H25ClN2O. The third-order valence-electron chi connectivity index (χ3n) is 4.41. The first kappa shape index (κ1) is 18.5. The lowest BCUT2D eigenvalue weighted by molar-refractivity contribution is -0.928. The molecule has 0 bridgehead atoms. The summed E-state index contributed by atoms with van der Waals surface area (Å²) >= 11 is 0. The lowest BCUT2D eigenvalue weighted by Crippen LogP contribution is -3.11. The van der Waals surface area contributed by atoms with Gasteiger partial charge in [-0.3, -0.25) is 0 Å². The van der Waals surface area contributed by atoms with Gasteiger partial charge < -0.3 is 17.1 Å². The van der Waals surface area contributed by atoms with Gasteiger partial charge >= 0.3 is 0 Å². The summed E-state index contributed by atoms with van der Waals surface area (Å²) in [5, 5.41) is 3.58. The van der Waals surface area contributed by atoms with Gasteiger partial charge in [0, 0.05) is 12.6 Å². The first-order chi connectivity index (χ1) is 11.2. The van der Waals surface area contributed by atoms with Crippen molar-refractivity contribution >= 4 is 5.70 Å². The highest BCUT2D eigenvalue weighted by molar-refractivity contribution is 5.63. The monoisotopic (exact) mass is 344 g/mol. The number of hydrogen-bond acceptors (Lipinski definition) is 2. The average Bonchev–Trinajstić information content (AvgIpc) is 2.85. The van der Waals surface area contributed by atoms with E-state index in [1.54, 1.807) is 0 Å². The van der Waals surface area contributed by atoms with Crippen molar-refractivity contribution < 1.29 is 22.2 Å². The van der Waals surface area contributed by atoms with Gasteiger partial charge in [-0.15, -0.1) is 5.01 Å². The van der Waals surface area contributed by atoms with Crippen molar-refractivity contribution in [2.24, 2.45) is 0 Å². The molecule has 0 spiro atoms. The summed E-state index contributed by atoms with van der Waals surface area (Å²) in [5.41, 5.74) is 3.73. The molecular weight excluding hydrogens is 320 g/mol. The van der Waals surface area contributed by atoms with Crippen LogP contribution in [-0.4, -0.2) is 25.7 Å². The quantitative estimate of drug-likeness (QED) is 0.816. The van der Waals surface area contributed by atoms with Gasteiger partial charge in [0.2, 0.25) is 0 Å². The Morgan fingerprint density at radius 2 is 1.58 bits per heavy atom. The van der Waals surface area contributed by atoms with Crippen LogP contribution in [0.25, 0.3) is 5.70 Å². The second-order valence-electron chi connectivity index (χ2n) is 5.96. The molecule has 1 aliphatic heterocycles. The van der Waals surface area contributed by atoms with Crippen molar-refractivity contribution in [3.8, 4) is 0 Å². The highest BCUT2D eigenvalue weighted by atomic mass is 35.5. The minimum atomic E-state index is 0. The SMILES string of the molecule is CCCOC1=C(c2ccccc2)[NH+](C)N(C)C1c1ccccc1.[Cl-]. The number of nitrogens with one attached hydrogen (secondary N) is 1. The summed E-state index contributed by atoms with van der Waals surface area (Å²) < 4.78 is 6.24. The van der Waals surface area contributed by atoms with E-state index < -0.39 is 0 Å². The van der Waals surface area contributed by atoms with Gasteiger partial charge in [-0.2, -0.15) is 0 Å². The number of ether oxygens (including phenoxy) is 1. The van der Waals surface area contributed by atoms with Gasteiger partial charge in [-0.05, 0) is 24.1 Å². The summed E-state index contributed by atoms with van der Waals surface area (Å²) in [7, 11) is 4.33. The Balaban J connectivity index is 0.00000208. The summed E-state index contributed by atoms with van der Waals surface area (Å²) in [6.45, 7) is 2.89. The van der Waals surface area contributed by atoms with Crippen LogP contribution in [0.15, 0.2) is 66.4 Å². The molecule has 2 unspecified atom stereocenters. The fourth-order valence-electron chi connectivity index (χ4n) is 3.19. The van der Waals surface area contributed by atoms with Crippen molar-refractivity contribution in [2.45, 2.75) is 19.4 Å². The molecule has 0 amide bonds. The zero-order chi connectivity index (χ0) is 16.2. The third kappa shape index (κ3) is 3.48. The van der Waals surface area contributed by atoms with Gasteiger partial charge in [0.15, 0.2) is 11.5 Å². The molecule has 2 aromatic carbocycles. The van der Waals surface area contributed by atoms with Gasteiger partial charge in [0.05, 0.1) is 13.7 Å². The molecule has 3 rings (SSSR count). The largest absolute Gasteiger partial charge is 1.00 e. The Labute approximate surface area is 150 Å². The van der Waals surface area contributed by atoms with Crippen molar-refractivity contribution in [3.05, 3.63) is 77.5 Å². The summed E-state index contributed by atoms with van der Waals surface area (Å²) in [6.07, 6.45) is 1.01. The van der Waals surface area contributed by atoms with E-state index in [0.29, 0.717) is 0 Å². The maximum absolute atomic E-state index is 6.24. The first-order valence-electron chi connectivity index (χ1n) is 8.28. The highest BCUT2D eigenvalue weighted by Gasteiger charge is 2.42. The molecule has 1 heterocycles. The lowest BCUT2D eigenvalue weighted by Gasteiger charge is -2.23. The molecule has 128 valence electrons. The van der Waals surface area contributed by atoms with Gasteiger partial charge in [-0.25, -0.2) is 5.01 Å². The van der Waals surface area contributed by atoms with E-state index in [1.807, 2.05) is 0 Å². The van der Waals surface area contributed by atoms with Crippen molar-refractivity contribution in [1.29, 1.82) is 0 Å². The van der Waals surface area contributed by atoms with Crippen LogP contribution in [0.5, 0.6) is 0 Å². The number of nitrogens with zero attached hydrogens (tertiary/aromatic N) is 1. The molecule has 1 aliphatic rings. The Bertz CT molecular complexity index is 673. The number of likely N-dealkylation sites (N-methyl/N-ethyl adjacent to an activating group) is 1. The van der Waals surface area contributed by atoms with E-state index in [0.717, 1.165) is 18.8 Å². The second-order valence-corrected chi connectivity index (χ2v) is 5.96. The van der Waals surface area contributed by atoms with Crippen LogP contribution < -0.4 is 17.4 Å². The van der Waals surface area contributed by atoms with Crippen LogP contribution in [0.2, 0.25) is 0 Å². The minimum absolute atomic E-state index is 0. The molecule has 0 radical (unpaired) electrons. The van der Waals surface area contributed by atoms with E-state index in [2.05, 4.69) is 86.7 Å². The molecule has 1 N–H and O–H groups in total. The second kappa shape index (κ2) is 8.34. The predicted octanol–water partition coefficient (Wildman–Crippen LogP) is -0.0978. The molecule has 3 nitrogen and oxygen atoms in total. The van der Waals surface area contributed by atoms with E-state index in [1.165, 1.54) is 21.8 Å². The Hall–Kier alpha value is -1.81. The van der Waals surface area contributed by atoms with Gasteiger partial charge in [-0.1, -0.05) is 55.5 Å². The molecule has 2 atom stereocenters. The molecule has 2 aromatic rings. The third-order valence-corrected chi connectivity index (χ3v) is 4.41. The number of rotatable bonds is 5. The zero-order valence-electron chi connectivity index (χ0n) is 14.5. The van der Waals surface area contributed by atoms with Crippen LogP contribution >= 0.6 is 0 Å². The molecule has 0 aromatic heterocycles. The van der Waals surface area contributed by atoms with Crippen LogP contribution in [0, 0.1) is 0 Å². The normalized spacial score (nSPS) is 20.8. The number of halogens is 1. The molecule has 24 heavy (non-hydrogen) atoms. The molecule has 0 fully saturated rings. The van der Waals surface area contributed by atoms with Crippen LogP contribution in [-0.2, 0) is 4.74 Å². The Morgan fingerprint density at radius 1 is 1.00 bits per heavy atom. The standard InChI is InChI=1S/C20H24N2O.ClH/c1-4-15-23-20-18(16-11-7-5-8-12-16)21(2)22(3)19(20)17-13-9-6-10-14-17;/h5-14,18H,4,15H2,1-3H3;1H. The van der Waals surface area contributed by atoms with Crippen molar-refractivity contribution in [2.75, 3.05) is 20.7 Å².